The Morgan fingerprint density at radius 1 is 1.30 bits per heavy atom. The molecule has 1 amide bonds. The summed E-state index contributed by atoms with van der Waals surface area (Å²) >= 11 is 0. The van der Waals surface area contributed by atoms with Gasteiger partial charge in [0, 0.05) is 31.6 Å². The predicted octanol–water partition coefficient (Wildman–Crippen LogP) is 1.61. The minimum atomic E-state index is -2.78. The normalized spacial score (nSPS) is 28.9. The molecule has 0 aromatic carbocycles. The van der Waals surface area contributed by atoms with E-state index >= 15 is 0 Å². The number of hydrogen-bond acceptors (Lipinski definition) is 3. The molecule has 2 N–H and O–H groups in total. The van der Waals surface area contributed by atoms with Gasteiger partial charge in [0.05, 0.1) is 12.1 Å². The maximum atomic E-state index is 13.7. The Hall–Kier alpha value is -0.950. The lowest BCUT2D eigenvalue weighted by atomic mass is 9.93. The minimum absolute atomic E-state index is 0.0876. The van der Waals surface area contributed by atoms with Crippen LogP contribution in [0.15, 0.2) is 0 Å². The Labute approximate surface area is 117 Å². The molecule has 0 aromatic heterocycles. The molecule has 1 unspecified atom stereocenters. The molecular weight excluding hydrogens is 270 g/mol. The van der Waals surface area contributed by atoms with Crippen molar-refractivity contribution < 1.29 is 23.8 Å². The number of aliphatic hydroxyl groups is 1. The van der Waals surface area contributed by atoms with E-state index in [4.69, 9.17) is 5.11 Å². The molecule has 0 radical (unpaired) electrons. The molecule has 116 valence electrons. The highest BCUT2D eigenvalue weighted by molar-refractivity contribution is 5.65. The molecule has 1 atom stereocenters. The Kier molecular flexibility index (Phi) is 3.94. The van der Waals surface area contributed by atoms with Gasteiger partial charge in [-0.25, -0.2) is 13.6 Å². The number of likely N-dealkylation sites (tertiary alicyclic amines) is 2. The average molecular weight is 292 g/mol. The molecule has 2 saturated heterocycles. The molecule has 2 aliphatic heterocycles. The molecule has 5 nitrogen and oxygen atoms in total. The second kappa shape index (κ2) is 5.11. The molecule has 2 aliphatic rings. The lowest BCUT2D eigenvalue weighted by molar-refractivity contribution is -0.0262. The van der Waals surface area contributed by atoms with Gasteiger partial charge in [0.25, 0.3) is 5.92 Å². The van der Waals surface area contributed by atoms with Crippen LogP contribution < -0.4 is 0 Å². The van der Waals surface area contributed by atoms with Crippen molar-refractivity contribution >= 4 is 6.09 Å². The number of halogens is 2. The van der Waals surface area contributed by atoms with E-state index < -0.39 is 23.7 Å². The zero-order chi connectivity index (χ0) is 15.1. The van der Waals surface area contributed by atoms with Crippen LogP contribution >= 0.6 is 0 Å². The minimum Gasteiger partial charge on any atom is -0.465 e. The van der Waals surface area contributed by atoms with Gasteiger partial charge in [-0.1, -0.05) is 0 Å². The number of carbonyl (C=O) groups is 1. The van der Waals surface area contributed by atoms with E-state index in [0.29, 0.717) is 25.9 Å². The van der Waals surface area contributed by atoms with Gasteiger partial charge in [0.1, 0.15) is 0 Å². The largest absolute Gasteiger partial charge is 0.465 e. The standard InChI is InChI=1S/C13H22F2N2O3/c1-12(2,20)10-7-13(14,15)8-17(10)9-3-5-16(6-4-9)11(18)19/h9-10,20H,3-8H2,1-2H3,(H,18,19). The second-order valence-corrected chi connectivity index (χ2v) is 6.40. The van der Waals surface area contributed by atoms with Crippen molar-refractivity contribution in [2.75, 3.05) is 19.6 Å². The zero-order valence-corrected chi connectivity index (χ0v) is 11.9. The van der Waals surface area contributed by atoms with Crippen LogP contribution in [0, 0.1) is 0 Å². The van der Waals surface area contributed by atoms with Crippen LogP contribution in [-0.2, 0) is 0 Å². The Morgan fingerprint density at radius 2 is 1.85 bits per heavy atom. The van der Waals surface area contributed by atoms with Crippen molar-refractivity contribution in [2.24, 2.45) is 0 Å². The van der Waals surface area contributed by atoms with Gasteiger partial charge >= 0.3 is 6.09 Å². The van der Waals surface area contributed by atoms with Gasteiger partial charge in [0.15, 0.2) is 0 Å². The van der Waals surface area contributed by atoms with Crippen LogP contribution in [0.2, 0.25) is 0 Å². The first-order valence-electron chi connectivity index (χ1n) is 6.94. The van der Waals surface area contributed by atoms with Gasteiger partial charge in [-0.05, 0) is 26.7 Å². The van der Waals surface area contributed by atoms with Gasteiger partial charge in [-0.2, -0.15) is 0 Å². The van der Waals surface area contributed by atoms with Crippen LogP contribution in [0.5, 0.6) is 0 Å². The van der Waals surface area contributed by atoms with E-state index in [1.54, 1.807) is 18.7 Å². The van der Waals surface area contributed by atoms with Crippen molar-refractivity contribution in [1.29, 1.82) is 0 Å². The fraction of sp³-hybridized carbons (Fsp3) is 0.923. The highest BCUT2D eigenvalue weighted by atomic mass is 19.3. The van der Waals surface area contributed by atoms with Crippen LogP contribution in [0.3, 0.4) is 0 Å². The van der Waals surface area contributed by atoms with Crippen molar-refractivity contribution in [3.8, 4) is 0 Å². The summed E-state index contributed by atoms with van der Waals surface area (Å²) < 4.78 is 27.4. The lowest BCUT2D eigenvalue weighted by Gasteiger charge is -2.41. The number of amides is 1. The molecular formula is C13H22F2N2O3. The molecule has 0 spiro atoms. The third-order valence-corrected chi connectivity index (χ3v) is 4.33. The smallest absolute Gasteiger partial charge is 0.407 e. The van der Waals surface area contributed by atoms with E-state index in [9.17, 15) is 18.7 Å². The Morgan fingerprint density at radius 3 is 2.30 bits per heavy atom. The summed E-state index contributed by atoms with van der Waals surface area (Å²) in [6.45, 7) is 3.48. The highest BCUT2D eigenvalue weighted by Gasteiger charge is 2.52. The first-order chi connectivity index (χ1) is 9.10. The Balaban J connectivity index is 2.06. The van der Waals surface area contributed by atoms with Crippen molar-refractivity contribution in [3.05, 3.63) is 0 Å². The molecule has 2 fully saturated rings. The summed E-state index contributed by atoms with van der Waals surface area (Å²) in [5.41, 5.74) is -1.19. The van der Waals surface area contributed by atoms with Crippen molar-refractivity contribution in [1.82, 2.24) is 9.80 Å². The molecule has 7 heteroatoms. The van der Waals surface area contributed by atoms with E-state index in [2.05, 4.69) is 0 Å². The highest BCUT2D eigenvalue weighted by Crippen LogP contribution is 2.39. The van der Waals surface area contributed by atoms with Gasteiger partial charge in [-0.3, -0.25) is 4.90 Å². The zero-order valence-electron chi connectivity index (χ0n) is 11.9. The number of alkyl halides is 2. The van der Waals surface area contributed by atoms with E-state index in [0.717, 1.165) is 0 Å². The summed E-state index contributed by atoms with van der Waals surface area (Å²) in [6.07, 6.45) is -0.228. The maximum absolute atomic E-state index is 13.7. The fourth-order valence-electron chi connectivity index (χ4n) is 3.27. The summed E-state index contributed by atoms with van der Waals surface area (Å²) in [5, 5.41) is 19.0. The quantitative estimate of drug-likeness (QED) is 0.811. The number of rotatable bonds is 2. The van der Waals surface area contributed by atoms with E-state index in [1.807, 2.05) is 0 Å². The number of hydrogen-bond donors (Lipinski definition) is 2. The summed E-state index contributed by atoms with van der Waals surface area (Å²) in [6, 6.07) is -0.672. The molecule has 2 heterocycles. The van der Waals surface area contributed by atoms with Crippen LogP contribution in [0.1, 0.15) is 33.1 Å². The van der Waals surface area contributed by atoms with Crippen LogP contribution in [0.25, 0.3) is 0 Å². The first kappa shape index (κ1) is 15.4. The van der Waals surface area contributed by atoms with Gasteiger partial charge < -0.3 is 15.1 Å². The molecule has 0 aliphatic carbocycles. The van der Waals surface area contributed by atoms with Crippen molar-refractivity contribution in [2.45, 2.75) is 56.7 Å². The topological polar surface area (TPSA) is 64.0 Å². The number of piperidine rings is 1. The maximum Gasteiger partial charge on any atom is 0.407 e. The van der Waals surface area contributed by atoms with Gasteiger partial charge in [0.2, 0.25) is 0 Å². The summed E-state index contributed by atoms with van der Waals surface area (Å²) in [7, 11) is 0. The molecule has 0 bridgehead atoms. The van der Waals surface area contributed by atoms with Crippen molar-refractivity contribution in [3.63, 3.8) is 0 Å². The second-order valence-electron chi connectivity index (χ2n) is 6.40. The molecule has 20 heavy (non-hydrogen) atoms. The third kappa shape index (κ3) is 3.20. The predicted molar refractivity (Wildman–Crippen MR) is 69.0 cm³/mol. The lowest BCUT2D eigenvalue weighted by Crippen LogP contribution is -2.53. The Bertz CT molecular complexity index is 376. The fourth-order valence-corrected chi connectivity index (χ4v) is 3.27. The molecule has 0 aromatic rings. The average Bonchev–Trinajstić information content (AvgIpc) is 2.65. The SMILES string of the molecule is CC(C)(O)C1CC(F)(F)CN1C1CCN(C(=O)O)CC1. The van der Waals surface area contributed by atoms with Crippen LogP contribution in [0.4, 0.5) is 13.6 Å². The number of carboxylic acid groups (broad SMARTS) is 1. The van der Waals surface area contributed by atoms with E-state index in [-0.39, 0.29) is 19.0 Å². The monoisotopic (exact) mass is 292 g/mol. The van der Waals surface area contributed by atoms with E-state index in [1.165, 1.54) is 4.90 Å². The number of nitrogens with zero attached hydrogens (tertiary/aromatic N) is 2. The summed E-state index contributed by atoms with van der Waals surface area (Å²) in [4.78, 5) is 13.9. The third-order valence-electron chi connectivity index (χ3n) is 4.33. The first-order valence-corrected chi connectivity index (χ1v) is 6.94. The van der Waals surface area contributed by atoms with Gasteiger partial charge in [-0.15, -0.1) is 0 Å². The molecule has 2 rings (SSSR count). The van der Waals surface area contributed by atoms with Crippen LogP contribution in [-0.4, -0.2) is 69.3 Å². The summed E-state index contributed by atoms with van der Waals surface area (Å²) in [5.74, 6) is -2.78. The molecule has 0 saturated carbocycles.